The topological polar surface area (TPSA) is 55.1 Å². The first-order valence-electron chi connectivity index (χ1n) is 7.98. The van der Waals surface area contributed by atoms with Crippen LogP contribution in [0.5, 0.6) is 0 Å². The molecule has 3 N–H and O–H groups in total. The van der Waals surface area contributed by atoms with Gasteiger partial charge < -0.3 is 11.1 Å². The molecule has 6 heteroatoms. The van der Waals surface area contributed by atoms with Crippen molar-refractivity contribution in [3.63, 3.8) is 0 Å². The summed E-state index contributed by atoms with van der Waals surface area (Å²) in [6, 6.07) is 6.53. The van der Waals surface area contributed by atoms with E-state index in [2.05, 4.69) is 5.32 Å². The number of nitrogens with two attached hydrogens (primary N) is 1. The van der Waals surface area contributed by atoms with Crippen LogP contribution in [0.3, 0.4) is 0 Å². The van der Waals surface area contributed by atoms with Crippen LogP contribution in [-0.2, 0) is 4.79 Å². The minimum atomic E-state index is -4.43. The predicted octanol–water partition coefficient (Wildman–Crippen LogP) is 3.56. The van der Waals surface area contributed by atoms with Crippen LogP contribution in [0.2, 0.25) is 0 Å². The number of alkyl halides is 3. The summed E-state index contributed by atoms with van der Waals surface area (Å²) in [5.74, 6) is -1.90. The fourth-order valence-electron chi connectivity index (χ4n) is 3.17. The van der Waals surface area contributed by atoms with Crippen molar-refractivity contribution < 1.29 is 18.0 Å². The molecule has 1 saturated carbocycles. The number of hydrogen-bond donors (Lipinski definition) is 2. The molecule has 1 aliphatic rings. The maximum atomic E-state index is 13.3. The van der Waals surface area contributed by atoms with Crippen LogP contribution in [0.25, 0.3) is 0 Å². The molecule has 1 aromatic rings. The lowest BCUT2D eigenvalue weighted by molar-refractivity contribution is -0.173. The van der Waals surface area contributed by atoms with Crippen molar-refractivity contribution in [2.75, 3.05) is 0 Å². The second kappa shape index (κ2) is 7.34. The number of halogens is 3. The molecule has 0 bridgehead atoms. The number of carbonyl (C=O) groups is 1. The summed E-state index contributed by atoms with van der Waals surface area (Å²) in [6.07, 6.45) is -1.85. The Hall–Kier alpha value is -1.56. The van der Waals surface area contributed by atoms with Crippen LogP contribution in [0.1, 0.15) is 44.2 Å². The first-order valence-corrected chi connectivity index (χ1v) is 7.98. The molecule has 0 heterocycles. The number of rotatable bonds is 5. The number of benzene rings is 1. The van der Waals surface area contributed by atoms with Crippen LogP contribution < -0.4 is 11.1 Å². The lowest BCUT2D eigenvalue weighted by Crippen LogP contribution is -2.52. The summed E-state index contributed by atoms with van der Waals surface area (Å²) >= 11 is 0. The molecule has 2 rings (SSSR count). The van der Waals surface area contributed by atoms with Crippen molar-refractivity contribution in [2.45, 2.75) is 50.9 Å². The van der Waals surface area contributed by atoms with Gasteiger partial charge in [-0.1, -0.05) is 50.1 Å². The molecule has 23 heavy (non-hydrogen) atoms. The smallest absolute Gasteiger partial charge is 0.344 e. The molecule has 0 spiro atoms. The van der Waals surface area contributed by atoms with E-state index in [1.807, 2.05) is 6.07 Å². The van der Waals surface area contributed by atoms with Crippen LogP contribution >= 0.6 is 0 Å². The van der Waals surface area contributed by atoms with Gasteiger partial charge in [-0.2, -0.15) is 13.2 Å². The van der Waals surface area contributed by atoms with Crippen molar-refractivity contribution in [3.05, 3.63) is 35.9 Å². The summed E-state index contributed by atoms with van der Waals surface area (Å²) in [4.78, 5) is 12.3. The SMILES string of the molecule is CC(C(=O)NC(C1CCCC1)C(F)(F)F)C(N)c1ccccc1. The molecule has 1 amide bonds. The van der Waals surface area contributed by atoms with E-state index in [-0.39, 0.29) is 0 Å². The van der Waals surface area contributed by atoms with E-state index in [1.54, 1.807) is 31.2 Å². The Balaban J connectivity index is 2.05. The third-order valence-electron chi connectivity index (χ3n) is 4.66. The van der Waals surface area contributed by atoms with E-state index < -0.39 is 36.0 Å². The zero-order chi connectivity index (χ0) is 17.0. The Kier molecular flexibility index (Phi) is 5.68. The van der Waals surface area contributed by atoms with Gasteiger partial charge in [-0.3, -0.25) is 4.79 Å². The van der Waals surface area contributed by atoms with Gasteiger partial charge in [0.25, 0.3) is 0 Å². The van der Waals surface area contributed by atoms with Gasteiger partial charge in [0.1, 0.15) is 6.04 Å². The van der Waals surface area contributed by atoms with Crippen molar-refractivity contribution in [3.8, 4) is 0 Å². The summed E-state index contributed by atoms with van der Waals surface area (Å²) < 4.78 is 39.8. The lowest BCUT2D eigenvalue weighted by Gasteiger charge is -2.29. The molecule has 3 nitrogen and oxygen atoms in total. The van der Waals surface area contributed by atoms with Crippen molar-refractivity contribution >= 4 is 5.91 Å². The van der Waals surface area contributed by atoms with Gasteiger partial charge in [0.05, 0.1) is 5.92 Å². The third-order valence-corrected chi connectivity index (χ3v) is 4.66. The van der Waals surface area contributed by atoms with Gasteiger partial charge in [-0.25, -0.2) is 0 Å². The molecule has 1 aliphatic carbocycles. The minimum absolute atomic E-state index is 0.504. The van der Waals surface area contributed by atoms with Crippen LogP contribution in [0.15, 0.2) is 30.3 Å². The molecule has 0 aliphatic heterocycles. The summed E-state index contributed by atoms with van der Waals surface area (Å²) in [5, 5.41) is 2.21. The monoisotopic (exact) mass is 328 g/mol. The highest BCUT2D eigenvalue weighted by molar-refractivity contribution is 5.79. The van der Waals surface area contributed by atoms with E-state index in [1.165, 1.54) is 0 Å². The molecule has 128 valence electrons. The quantitative estimate of drug-likeness (QED) is 0.868. The molecule has 1 fully saturated rings. The van der Waals surface area contributed by atoms with Crippen molar-refractivity contribution in [2.24, 2.45) is 17.6 Å². The average molecular weight is 328 g/mol. The van der Waals surface area contributed by atoms with E-state index in [0.29, 0.717) is 12.8 Å². The van der Waals surface area contributed by atoms with Gasteiger partial charge in [-0.05, 0) is 24.3 Å². The fraction of sp³-hybridized carbons (Fsp3) is 0.588. The largest absolute Gasteiger partial charge is 0.408 e. The number of hydrogen-bond acceptors (Lipinski definition) is 2. The maximum absolute atomic E-state index is 13.3. The molecule has 0 radical (unpaired) electrons. The number of carbonyl (C=O) groups excluding carboxylic acids is 1. The highest BCUT2D eigenvalue weighted by Crippen LogP contribution is 2.36. The average Bonchev–Trinajstić information content (AvgIpc) is 3.04. The highest BCUT2D eigenvalue weighted by atomic mass is 19.4. The van der Waals surface area contributed by atoms with Crippen LogP contribution in [0, 0.1) is 11.8 Å². The van der Waals surface area contributed by atoms with Gasteiger partial charge in [0.15, 0.2) is 0 Å². The van der Waals surface area contributed by atoms with E-state index in [9.17, 15) is 18.0 Å². The minimum Gasteiger partial charge on any atom is -0.344 e. The Labute approximate surface area is 134 Å². The van der Waals surface area contributed by atoms with E-state index >= 15 is 0 Å². The summed E-state index contributed by atoms with van der Waals surface area (Å²) in [7, 11) is 0. The zero-order valence-corrected chi connectivity index (χ0v) is 13.1. The molecule has 3 atom stereocenters. The molecule has 3 unspecified atom stereocenters. The Morgan fingerprint density at radius 3 is 2.30 bits per heavy atom. The molecule has 0 saturated heterocycles. The Bertz CT molecular complexity index is 512. The first kappa shape index (κ1) is 17.8. The Morgan fingerprint density at radius 1 is 1.22 bits per heavy atom. The van der Waals surface area contributed by atoms with Gasteiger partial charge >= 0.3 is 6.18 Å². The highest BCUT2D eigenvalue weighted by Gasteiger charge is 2.46. The number of nitrogens with one attached hydrogen (secondary N) is 1. The van der Waals surface area contributed by atoms with Crippen molar-refractivity contribution in [1.29, 1.82) is 0 Å². The lowest BCUT2D eigenvalue weighted by atomic mass is 9.92. The van der Waals surface area contributed by atoms with Crippen LogP contribution in [0.4, 0.5) is 13.2 Å². The molecular weight excluding hydrogens is 305 g/mol. The van der Waals surface area contributed by atoms with Gasteiger partial charge in [0.2, 0.25) is 5.91 Å². The van der Waals surface area contributed by atoms with Gasteiger partial charge in [0, 0.05) is 6.04 Å². The summed E-state index contributed by atoms with van der Waals surface area (Å²) in [5.41, 5.74) is 6.77. The van der Waals surface area contributed by atoms with Crippen LogP contribution in [-0.4, -0.2) is 18.1 Å². The van der Waals surface area contributed by atoms with Gasteiger partial charge in [-0.15, -0.1) is 0 Å². The second-order valence-electron chi connectivity index (χ2n) is 6.30. The standard InChI is InChI=1S/C17H23F3N2O/c1-11(14(21)12-7-3-2-4-8-12)16(23)22-15(17(18,19)20)13-9-5-6-10-13/h2-4,7-8,11,13-15H,5-6,9-10,21H2,1H3,(H,22,23). The maximum Gasteiger partial charge on any atom is 0.408 e. The Morgan fingerprint density at radius 2 is 1.78 bits per heavy atom. The predicted molar refractivity (Wildman–Crippen MR) is 82.5 cm³/mol. The van der Waals surface area contributed by atoms with E-state index in [4.69, 9.17) is 5.73 Å². The third kappa shape index (κ3) is 4.47. The molecular formula is C17H23F3N2O. The first-order chi connectivity index (χ1) is 10.8. The fourth-order valence-corrected chi connectivity index (χ4v) is 3.17. The zero-order valence-electron chi connectivity index (χ0n) is 13.1. The second-order valence-corrected chi connectivity index (χ2v) is 6.30. The number of amides is 1. The normalized spacial score (nSPS) is 20.0. The molecule has 0 aromatic heterocycles. The molecule has 1 aromatic carbocycles. The van der Waals surface area contributed by atoms with E-state index in [0.717, 1.165) is 18.4 Å². The summed E-state index contributed by atoms with van der Waals surface area (Å²) in [6.45, 7) is 1.56. The van der Waals surface area contributed by atoms with Crippen molar-refractivity contribution in [1.82, 2.24) is 5.32 Å².